The van der Waals surface area contributed by atoms with Crippen molar-refractivity contribution in [1.82, 2.24) is 15.0 Å². The molecule has 0 amide bonds. The van der Waals surface area contributed by atoms with Gasteiger partial charge in [0, 0.05) is 76.0 Å². The highest BCUT2D eigenvalue weighted by atomic mass is 79.9. The van der Waals surface area contributed by atoms with E-state index in [-0.39, 0.29) is 32.0 Å². The molecule has 0 aliphatic carbocycles. The molecule has 2 aromatic carbocycles. The van der Waals surface area contributed by atoms with Crippen molar-refractivity contribution in [1.29, 1.82) is 0 Å². The number of carbonyl (C=O) groups excluding carboxylic acids is 1. The average molecular weight is 838 g/mol. The number of halogens is 2. The lowest BCUT2D eigenvalue weighted by Gasteiger charge is -1.97. The Kier molecular flexibility index (Phi) is 23.1. The van der Waals surface area contributed by atoms with Gasteiger partial charge in [0.05, 0.1) is 14.3 Å². The van der Waals surface area contributed by atoms with Crippen LogP contribution >= 0.6 is 31.9 Å². The average Bonchev–Trinajstić information content (AvgIpc) is 3.16. The summed E-state index contributed by atoms with van der Waals surface area (Å²) < 4.78 is 1.19. The first-order valence-electron chi connectivity index (χ1n) is 14.5. The fourth-order valence-electron chi connectivity index (χ4n) is 3.33. The molecule has 0 fully saturated rings. The zero-order valence-corrected chi connectivity index (χ0v) is 30.1. The summed E-state index contributed by atoms with van der Waals surface area (Å²) in [4.78, 5) is 42.6. The molecule has 0 aliphatic rings. The Morgan fingerprint density at radius 1 is 0.698 bits per heavy atom. The van der Waals surface area contributed by atoms with Gasteiger partial charge in [0.15, 0.2) is 5.78 Å². The molecule has 0 unspecified atom stereocenters. The second-order valence-corrected chi connectivity index (χ2v) is 11.1. The molecular weight excluding hydrogens is 802 g/mol. The number of hydrogen-bond donors (Lipinski definition) is 0. The van der Waals surface area contributed by atoms with Gasteiger partial charge in [0.2, 0.25) is 0 Å². The maximum Gasteiger partial charge on any atom is 0.286 e. The topological polar surface area (TPSA) is 142 Å². The van der Waals surface area contributed by atoms with Gasteiger partial charge in [-0.1, -0.05) is 73.0 Å². The predicted octanol–water partition coefficient (Wildman–Crippen LogP) is 9.96. The molecule has 12 heteroatoms. The van der Waals surface area contributed by atoms with E-state index in [0.717, 1.165) is 16.7 Å². The largest absolute Gasteiger partial charge is 0.290 e. The molecule has 3 aromatic heterocycles. The third kappa shape index (κ3) is 18.3. The van der Waals surface area contributed by atoms with Crippen molar-refractivity contribution < 1.29 is 14.6 Å². The first-order chi connectivity index (χ1) is 24.6. The quantitative estimate of drug-likeness (QED) is 0.0754. The monoisotopic (exact) mass is 835 g/mol. The van der Waals surface area contributed by atoms with Gasteiger partial charge >= 0.3 is 0 Å². The smallest absolute Gasteiger partial charge is 0.286 e. The van der Waals surface area contributed by atoms with E-state index in [1.807, 2.05) is 0 Å². The highest BCUT2D eigenvalue weighted by Crippen LogP contribution is 2.27. The first kappa shape index (κ1) is 46.5. The fraction of sp³-hybridized carbons (Fsp3) is 0.0732. The number of nitro benzene ring substituents is 2. The highest BCUT2D eigenvalue weighted by molar-refractivity contribution is 9.11. The Bertz CT molecular complexity index is 2150. The number of benzene rings is 2. The molecule has 5 aromatic rings. The molecular formula is C41H35Br2N5O5. The standard InChI is InChI=1S/C20H11N3O2.C7H5N.C6H3Br2NO2.C6H8O.2CH4/c24-23(25)20-15-18(2-1-16-7-11-21-12-8-16)4-6-19(20)5-3-17-9-13-22-14-10-17;1-2-7-3-5-8-6-4-7;7-4-1-2-5(8)6(3-4)9(10)11;1-3-5-6(7)4-2;;/h4,6-15H;1,3-6H;1-3H;3-5H,2H2,1H3;2*1H4. The molecule has 0 aliphatic heterocycles. The van der Waals surface area contributed by atoms with Crippen molar-refractivity contribution >= 4 is 49.0 Å². The van der Waals surface area contributed by atoms with Crippen LogP contribution in [0.5, 0.6) is 0 Å². The molecule has 0 bridgehead atoms. The number of aromatic nitrogens is 3. The van der Waals surface area contributed by atoms with Crippen molar-refractivity contribution in [2.24, 2.45) is 0 Å². The number of nitro groups is 2. The summed E-state index contributed by atoms with van der Waals surface area (Å²) in [7, 11) is 0. The number of allylic oxidation sites excluding steroid dienone is 3. The van der Waals surface area contributed by atoms with Crippen LogP contribution in [0.1, 0.15) is 49.6 Å². The fourth-order valence-corrected chi connectivity index (χ4v) is 4.07. The summed E-state index contributed by atoms with van der Waals surface area (Å²) in [5, 5.41) is 21.7. The van der Waals surface area contributed by atoms with E-state index >= 15 is 0 Å². The number of nitrogens with zero attached hydrogens (tertiary/aromatic N) is 5. The van der Waals surface area contributed by atoms with Gasteiger partial charge in [-0.15, -0.1) is 6.42 Å². The van der Waals surface area contributed by atoms with Crippen LogP contribution < -0.4 is 0 Å². The van der Waals surface area contributed by atoms with E-state index in [9.17, 15) is 25.0 Å². The van der Waals surface area contributed by atoms with Crippen molar-refractivity contribution in [2.75, 3.05) is 0 Å². The van der Waals surface area contributed by atoms with Gasteiger partial charge in [-0.3, -0.25) is 40.0 Å². The number of carbonyl (C=O) groups is 1. The molecule has 0 radical (unpaired) electrons. The Hall–Kier alpha value is -6.52. The summed E-state index contributed by atoms with van der Waals surface area (Å²) in [6.45, 7) is 5.07. The molecule has 268 valence electrons. The SMILES string of the molecule is C.C.C#Cc1ccncc1.C=CC(=O)C=CC.O=[N+]([O-])c1cc(Br)ccc1Br.O=[N+]([O-])c1cc(C#Cc2ccncc2)ccc1C#Cc1ccncc1. The van der Waals surface area contributed by atoms with E-state index < -0.39 is 9.85 Å². The number of terminal acetylenes is 1. The summed E-state index contributed by atoms with van der Waals surface area (Å²) in [5.74, 6) is 14.0. The molecule has 0 spiro atoms. The number of hydrogen-bond acceptors (Lipinski definition) is 8. The minimum atomic E-state index is -0.450. The van der Waals surface area contributed by atoms with Crippen LogP contribution in [-0.2, 0) is 4.79 Å². The van der Waals surface area contributed by atoms with Crippen LogP contribution in [-0.4, -0.2) is 30.6 Å². The van der Waals surface area contributed by atoms with Gasteiger partial charge in [-0.25, -0.2) is 0 Å². The van der Waals surface area contributed by atoms with Crippen LogP contribution in [0.4, 0.5) is 11.4 Å². The minimum Gasteiger partial charge on any atom is -0.290 e. The van der Waals surface area contributed by atoms with Crippen LogP contribution in [0.2, 0.25) is 0 Å². The Morgan fingerprint density at radius 3 is 1.57 bits per heavy atom. The predicted molar refractivity (Wildman–Crippen MR) is 218 cm³/mol. The van der Waals surface area contributed by atoms with Crippen molar-refractivity contribution in [3.63, 3.8) is 0 Å². The van der Waals surface area contributed by atoms with Crippen LogP contribution in [0.25, 0.3) is 0 Å². The number of ketones is 1. The lowest BCUT2D eigenvalue weighted by atomic mass is 10.1. The van der Waals surface area contributed by atoms with Gasteiger partial charge in [-0.05, 0) is 95.7 Å². The van der Waals surface area contributed by atoms with Crippen LogP contribution in [0, 0.1) is 56.3 Å². The number of pyridine rings is 3. The van der Waals surface area contributed by atoms with Crippen molar-refractivity contribution in [2.45, 2.75) is 21.8 Å². The zero-order valence-electron chi connectivity index (χ0n) is 26.9. The van der Waals surface area contributed by atoms with E-state index in [2.05, 4.69) is 83.0 Å². The van der Waals surface area contributed by atoms with E-state index in [1.165, 1.54) is 24.3 Å². The molecule has 0 saturated carbocycles. The van der Waals surface area contributed by atoms with E-state index in [1.54, 1.807) is 111 Å². The summed E-state index contributed by atoms with van der Waals surface area (Å²) in [6.07, 6.45) is 19.4. The van der Waals surface area contributed by atoms with Gasteiger partial charge in [0.1, 0.15) is 5.56 Å². The molecule has 5 rings (SSSR count). The third-order valence-corrected chi connectivity index (χ3v) is 6.90. The first-order valence-corrected chi connectivity index (χ1v) is 16.0. The summed E-state index contributed by atoms with van der Waals surface area (Å²) in [5.41, 5.74) is 3.31. The van der Waals surface area contributed by atoms with Gasteiger partial charge in [-0.2, -0.15) is 0 Å². The molecule has 10 nitrogen and oxygen atoms in total. The summed E-state index contributed by atoms with van der Waals surface area (Å²) in [6, 6.07) is 20.2. The van der Waals surface area contributed by atoms with Gasteiger partial charge in [0.25, 0.3) is 11.4 Å². The highest BCUT2D eigenvalue weighted by Gasteiger charge is 2.12. The molecule has 0 atom stereocenters. The normalized spacial score (nSPS) is 8.79. The Balaban J connectivity index is 0.000000798. The van der Waals surface area contributed by atoms with E-state index in [4.69, 9.17) is 6.42 Å². The molecule has 3 heterocycles. The van der Waals surface area contributed by atoms with Crippen molar-refractivity contribution in [3.05, 3.63) is 192 Å². The maximum absolute atomic E-state index is 11.3. The maximum atomic E-state index is 11.3. The lowest BCUT2D eigenvalue weighted by molar-refractivity contribution is -0.385. The Labute approximate surface area is 326 Å². The second-order valence-electron chi connectivity index (χ2n) is 9.30. The Morgan fingerprint density at radius 2 is 1.17 bits per heavy atom. The summed E-state index contributed by atoms with van der Waals surface area (Å²) >= 11 is 6.21. The number of rotatable bonds is 4. The molecule has 0 saturated heterocycles. The second kappa shape index (κ2) is 26.3. The van der Waals surface area contributed by atoms with Crippen molar-refractivity contribution in [3.8, 4) is 36.0 Å². The van der Waals surface area contributed by atoms with E-state index in [0.29, 0.717) is 20.1 Å². The van der Waals surface area contributed by atoms with Crippen LogP contribution in [0.3, 0.4) is 0 Å². The molecule has 0 N–H and O–H groups in total. The van der Waals surface area contributed by atoms with Gasteiger partial charge < -0.3 is 0 Å². The third-order valence-electron chi connectivity index (χ3n) is 5.73. The lowest BCUT2D eigenvalue weighted by Crippen LogP contribution is -1.93. The zero-order chi connectivity index (χ0) is 37.4. The van der Waals surface area contributed by atoms with Crippen LogP contribution in [0.15, 0.2) is 144 Å². The minimum absolute atomic E-state index is 0. The molecule has 53 heavy (non-hydrogen) atoms.